The van der Waals surface area contributed by atoms with Gasteiger partial charge in [-0.15, -0.1) is 0 Å². The summed E-state index contributed by atoms with van der Waals surface area (Å²) in [5, 5.41) is 3.82. The van der Waals surface area contributed by atoms with Gasteiger partial charge in [-0.05, 0) is 49.1 Å². The van der Waals surface area contributed by atoms with Gasteiger partial charge in [-0.1, -0.05) is 43.5 Å². The number of hydrogen-bond donors (Lipinski definition) is 1. The Balaban J connectivity index is 2.32. The van der Waals surface area contributed by atoms with Gasteiger partial charge in [0.25, 0.3) is 0 Å². The van der Waals surface area contributed by atoms with Gasteiger partial charge in [-0.25, -0.2) is 0 Å². The molecule has 0 amide bonds. The summed E-state index contributed by atoms with van der Waals surface area (Å²) in [5.74, 6) is 1.10. The molecule has 1 fully saturated rings. The lowest BCUT2D eigenvalue weighted by Crippen LogP contribution is -2.51. The number of benzene rings is 1. The molecule has 3 nitrogen and oxygen atoms in total. The Bertz CT molecular complexity index is 773. The number of piperidine rings is 1. The predicted molar refractivity (Wildman–Crippen MR) is 123 cm³/mol. The van der Waals surface area contributed by atoms with Crippen LogP contribution in [0.2, 0.25) is 0 Å². The Labute approximate surface area is 172 Å². The Morgan fingerprint density at radius 2 is 1.79 bits per heavy atom. The van der Waals surface area contributed by atoms with E-state index in [9.17, 15) is 0 Å². The first-order valence-electron chi connectivity index (χ1n) is 10.2. The highest BCUT2D eigenvalue weighted by Gasteiger charge is 2.27. The van der Waals surface area contributed by atoms with Crippen LogP contribution < -0.4 is 5.32 Å². The zero-order valence-electron chi connectivity index (χ0n) is 18.7. The van der Waals surface area contributed by atoms with Crippen molar-refractivity contribution in [3.63, 3.8) is 0 Å². The average molecular weight is 381 g/mol. The molecule has 1 N–H and O–H groups in total. The molecule has 0 unspecified atom stereocenters. The van der Waals surface area contributed by atoms with E-state index in [1.165, 1.54) is 48.3 Å². The molecule has 0 radical (unpaired) electrons. The van der Waals surface area contributed by atoms with Crippen molar-refractivity contribution in [3.8, 4) is 0 Å². The molecule has 28 heavy (non-hydrogen) atoms. The van der Waals surface area contributed by atoms with Crippen LogP contribution in [0, 0.1) is 6.92 Å². The third-order valence-electron chi connectivity index (χ3n) is 6.06. The van der Waals surface area contributed by atoms with E-state index in [0.29, 0.717) is 6.04 Å². The lowest BCUT2D eigenvalue weighted by atomic mass is 10.0. The lowest BCUT2D eigenvalue weighted by molar-refractivity contribution is -0.895. The minimum Gasteiger partial charge on any atom is -0.368 e. The normalized spacial score (nSPS) is 18.3. The largest absolute Gasteiger partial charge is 0.368 e. The second-order valence-electron chi connectivity index (χ2n) is 8.70. The van der Waals surface area contributed by atoms with Gasteiger partial charge in [-0.3, -0.25) is 0 Å². The molecule has 0 aromatic heterocycles. The van der Waals surface area contributed by atoms with E-state index in [2.05, 4.69) is 95.6 Å². The summed E-state index contributed by atoms with van der Waals surface area (Å²) in [4.78, 5) is 2.23. The Morgan fingerprint density at radius 1 is 1.18 bits per heavy atom. The fourth-order valence-electron chi connectivity index (χ4n) is 3.62. The number of quaternary nitrogens is 1. The van der Waals surface area contributed by atoms with E-state index < -0.39 is 0 Å². The van der Waals surface area contributed by atoms with E-state index in [-0.39, 0.29) is 0 Å². The third kappa shape index (κ3) is 5.62. The summed E-state index contributed by atoms with van der Waals surface area (Å²) in [6, 6.07) is 8.92. The van der Waals surface area contributed by atoms with Crippen molar-refractivity contribution in [2.24, 2.45) is 0 Å². The standard InChI is InChI=1S/C25H38N3/c1-9-19(2)22(5)27(6)25(26-23-14-16-28(7,8)17-15-23)18-21(4)24-13-11-10-12-20(24)3/h9-13,18,23,26H,1,4,14-17H2,2-3,5-8H3/q+1/b22-19-,25-18-. The van der Waals surface area contributed by atoms with Gasteiger partial charge >= 0.3 is 0 Å². The number of likely N-dealkylation sites (tertiary alicyclic amines) is 1. The van der Waals surface area contributed by atoms with Gasteiger partial charge in [0, 0.05) is 31.6 Å². The number of rotatable bonds is 7. The number of hydrogen-bond acceptors (Lipinski definition) is 2. The maximum atomic E-state index is 4.37. The third-order valence-corrected chi connectivity index (χ3v) is 6.06. The van der Waals surface area contributed by atoms with Crippen LogP contribution in [0.15, 0.2) is 66.7 Å². The van der Waals surface area contributed by atoms with Crippen molar-refractivity contribution < 1.29 is 4.48 Å². The number of aryl methyl sites for hydroxylation is 1. The van der Waals surface area contributed by atoms with E-state index in [4.69, 9.17) is 0 Å². The van der Waals surface area contributed by atoms with Crippen LogP contribution in [-0.2, 0) is 0 Å². The summed E-state index contributed by atoms with van der Waals surface area (Å²) in [7, 11) is 6.76. The van der Waals surface area contributed by atoms with Gasteiger partial charge in [0.1, 0.15) is 5.82 Å². The fraction of sp³-hybridized carbons (Fsp3) is 0.440. The highest BCUT2D eigenvalue weighted by molar-refractivity contribution is 5.74. The van der Waals surface area contributed by atoms with Crippen LogP contribution >= 0.6 is 0 Å². The fourth-order valence-corrected chi connectivity index (χ4v) is 3.62. The van der Waals surface area contributed by atoms with Gasteiger partial charge in [0.15, 0.2) is 0 Å². The van der Waals surface area contributed by atoms with Crippen LogP contribution in [0.3, 0.4) is 0 Å². The number of nitrogens with zero attached hydrogens (tertiary/aromatic N) is 2. The van der Waals surface area contributed by atoms with Crippen molar-refractivity contribution >= 4 is 5.57 Å². The van der Waals surface area contributed by atoms with Gasteiger partial charge in [0.2, 0.25) is 0 Å². The molecule has 3 heteroatoms. The van der Waals surface area contributed by atoms with Crippen LogP contribution in [0.25, 0.3) is 5.57 Å². The quantitative estimate of drug-likeness (QED) is 0.523. The van der Waals surface area contributed by atoms with Gasteiger partial charge in [0.05, 0.1) is 27.2 Å². The Hall–Kier alpha value is -2.26. The number of allylic oxidation sites excluding steroid dienone is 5. The summed E-state index contributed by atoms with van der Waals surface area (Å²) >= 11 is 0. The molecule has 1 saturated heterocycles. The highest BCUT2D eigenvalue weighted by Crippen LogP contribution is 2.23. The van der Waals surface area contributed by atoms with Gasteiger partial charge in [-0.2, -0.15) is 0 Å². The molecule has 0 aliphatic carbocycles. The Kier molecular flexibility index (Phi) is 7.31. The van der Waals surface area contributed by atoms with Crippen molar-refractivity contribution in [1.82, 2.24) is 10.2 Å². The van der Waals surface area contributed by atoms with Crippen molar-refractivity contribution in [2.75, 3.05) is 34.2 Å². The first kappa shape index (κ1) is 22.0. The maximum absolute atomic E-state index is 4.37. The first-order valence-corrected chi connectivity index (χ1v) is 10.2. The zero-order chi connectivity index (χ0) is 20.9. The lowest BCUT2D eigenvalue weighted by Gasteiger charge is -2.39. The molecule has 1 aromatic rings. The molecule has 1 heterocycles. The highest BCUT2D eigenvalue weighted by atomic mass is 15.3. The molecular formula is C25H38N3+. The minimum absolute atomic E-state index is 0.487. The second-order valence-corrected chi connectivity index (χ2v) is 8.70. The molecule has 2 rings (SSSR count). The Morgan fingerprint density at radius 3 is 2.36 bits per heavy atom. The van der Waals surface area contributed by atoms with Crippen LogP contribution in [0.4, 0.5) is 0 Å². The smallest absolute Gasteiger partial charge is 0.106 e. The topological polar surface area (TPSA) is 15.3 Å². The van der Waals surface area contributed by atoms with Crippen molar-refractivity contribution in [1.29, 1.82) is 0 Å². The summed E-state index contributed by atoms with van der Waals surface area (Å²) in [6.07, 6.45) is 6.47. The van der Waals surface area contributed by atoms with Crippen LogP contribution in [0.5, 0.6) is 0 Å². The molecule has 0 spiro atoms. The summed E-state index contributed by atoms with van der Waals surface area (Å²) in [6.45, 7) is 17.1. The maximum Gasteiger partial charge on any atom is 0.106 e. The molecule has 1 aliphatic heterocycles. The molecule has 152 valence electrons. The minimum atomic E-state index is 0.487. The van der Waals surface area contributed by atoms with Gasteiger partial charge < -0.3 is 14.7 Å². The second kappa shape index (κ2) is 9.29. The molecule has 0 saturated carbocycles. The van der Waals surface area contributed by atoms with Crippen LogP contribution in [-0.4, -0.2) is 49.7 Å². The van der Waals surface area contributed by atoms with E-state index in [1.807, 2.05) is 6.08 Å². The van der Waals surface area contributed by atoms with E-state index >= 15 is 0 Å². The summed E-state index contributed by atoms with van der Waals surface area (Å²) < 4.78 is 1.11. The van der Waals surface area contributed by atoms with E-state index in [1.54, 1.807) is 0 Å². The molecule has 0 bridgehead atoms. The zero-order valence-corrected chi connectivity index (χ0v) is 18.7. The molecule has 0 atom stereocenters. The van der Waals surface area contributed by atoms with Crippen molar-refractivity contribution in [3.05, 3.63) is 77.8 Å². The molecular weight excluding hydrogens is 342 g/mol. The molecule has 1 aliphatic rings. The van der Waals surface area contributed by atoms with Crippen molar-refractivity contribution in [2.45, 2.75) is 39.7 Å². The average Bonchev–Trinajstić information content (AvgIpc) is 2.67. The molecule has 1 aromatic carbocycles. The SMILES string of the molecule is C=C/C(C)=C(/C)N(C)/C(=C\C(=C)c1ccccc1C)NC1CC[N+](C)(C)CC1. The van der Waals surface area contributed by atoms with Crippen LogP contribution in [0.1, 0.15) is 37.8 Å². The van der Waals surface area contributed by atoms with E-state index in [0.717, 1.165) is 15.9 Å². The monoisotopic (exact) mass is 380 g/mol. The summed E-state index contributed by atoms with van der Waals surface area (Å²) in [5.41, 5.74) is 5.84. The number of nitrogens with one attached hydrogen (secondary N) is 1. The predicted octanol–water partition coefficient (Wildman–Crippen LogP) is 5.09. The first-order chi connectivity index (χ1) is 13.1.